The van der Waals surface area contributed by atoms with E-state index in [1.54, 1.807) is 12.1 Å². The third-order valence-electron chi connectivity index (χ3n) is 2.98. The first-order valence-corrected chi connectivity index (χ1v) is 8.12. The summed E-state index contributed by atoms with van der Waals surface area (Å²) >= 11 is 0. The molecule has 0 aliphatic carbocycles. The molecule has 0 amide bonds. The van der Waals surface area contributed by atoms with Gasteiger partial charge in [0.15, 0.2) is 0 Å². The number of carboxylic acids is 1. The minimum absolute atomic E-state index is 0.0623. The van der Waals surface area contributed by atoms with Gasteiger partial charge in [0.25, 0.3) is 0 Å². The van der Waals surface area contributed by atoms with Crippen LogP contribution < -0.4 is 9.62 Å². The van der Waals surface area contributed by atoms with Crippen molar-refractivity contribution in [1.29, 1.82) is 0 Å². The maximum absolute atomic E-state index is 11.5. The van der Waals surface area contributed by atoms with E-state index >= 15 is 0 Å². The molecule has 0 aliphatic rings. The Balaban J connectivity index is 3.23. The van der Waals surface area contributed by atoms with Crippen molar-refractivity contribution in [1.82, 2.24) is 0 Å². The fraction of sp³-hybridized carbons (Fsp3) is 0.462. The van der Waals surface area contributed by atoms with Gasteiger partial charge in [0.05, 0.1) is 17.0 Å². The molecule has 0 saturated heterocycles. The van der Waals surface area contributed by atoms with Gasteiger partial charge < -0.3 is 10.0 Å². The van der Waals surface area contributed by atoms with Gasteiger partial charge in [-0.2, -0.15) is 0 Å². The zero-order chi connectivity index (χ0) is 15.3. The summed E-state index contributed by atoms with van der Waals surface area (Å²) in [5, 5.41) is 9.28. The van der Waals surface area contributed by atoms with E-state index in [1.165, 1.54) is 13.0 Å². The third-order valence-corrected chi connectivity index (χ3v) is 4.29. The molecule has 0 fully saturated rings. The summed E-state index contributed by atoms with van der Waals surface area (Å²) in [7, 11) is -3.42. The highest BCUT2D eigenvalue weighted by molar-refractivity contribution is 7.92. The van der Waals surface area contributed by atoms with Gasteiger partial charge in [-0.05, 0) is 39.0 Å². The molecule has 1 aromatic rings. The van der Waals surface area contributed by atoms with E-state index in [9.17, 15) is 18.3 Å². The number of hydrogen-bond acceptors (Lipinski definition) is 4. The van der Waals surface area contributed by atoms with Gasteiger partial charge in [0.2, 0.25) is 10.0 Å². The van der Waals surface area contributed by atoms with Gasteiger partial charge in [-0.1, -0.05) is 0 Å². The standard InChI is InChI=1S/C13H20N2O4S/c1-4-15(5-2)12-8-7-10(9-11(12)13(16)17)14-20(18,19)6-3/h7-9,14H,4-6H2,1-3H3,(H,16,17). The summed E-state index contributed by atoms with van der Waals surface area (Å²) in [5.74, 6) is -1.14. The van der Waals surface area contributed by atoms with Crippen molar-refractivity contribution in [2.75, 3.05) is 28.5 Å². The second-order valence-electron chi connectivity index (χ2n) is 4.21. The smallest absolute Gasteiger partial charge is 0.337 e. The number of rotatable bonds is 7. The maximum Gasteiger partial charge on any atom is 0.337 e. The molecule has 0 heterocycles. The predicted octanol–water partition coefficient (Wildman–Crippen LogP) is 1.99. The van der Waals surface area contributed by atoms with Crippen LogP contribution in [0.15, 0.2) is 18.2 Å². The molecule has 7 heteroatoms. The van der Waals surface area contributed by atoms with Crippen LogP contribution in [0.3, 0.4) is 0 Å². The summed E-state index contributed by atoms with van der Waals surface area (Å²) < 4.78 is 25.4. The van der Waals surface area contributed by atoms with Crippen LogP contribution in [0.4, 0.5) is 11.4 Å². The molecule has 2 N–H and O–H groups in total. The van der Waals surface area contributed by atoms with E-state index < -0.39 is 16.0 Å². The van der Waals surface area contributed by atoms with E-state index in [4.69, 9.17) is 0 Å². The molecule has 0 unspecified atom stereocenters. The molecular weight excluding hydrogens is 280 g/mol. The Morgan fingerprint density at radius 1 is 1.25 bits per heavy atom. The molecule has 6 nitrogen and oxygen atoms in total. The van der Waals surface area contributed by atoms with Crippen LogP contribution in [0.2, 0.25) is 0 Å². The van der Waals surface area contributed by atoms with E-state index in [0.717, 1.165) is 0 Å². The molecule has 20 heavy (non-hydrogen) atoms. The lowest BCUT2D eigenvalue weighted by Gasteiger charge is -2.23. The van der Waals surface area contributed by atoms with Gasteiger partial charge >= 0.3 is 5.97 Å². The van der Waals surface area contributed by atoms with Crippen LogP contribution in [0, 0.1) is 0 Å². The number of hydrogen-bond donors (Lipinski definition) is 2. The summed E-state index contributed by atoms with van der Waals surface area (Å²) in [6.07, 6.45) is 0. The van der Waals surface area contributed by atoms with Crippen molar-refractivity contribution >= 4 is 27.4 Å². The van der Waals surface area contributed by atoms with Gasteiger partial charge in [-0.15, -0.1) is 0 Å². The van der Waals surface area contributed by atoms with Crippen LogP contribution in [-0.2, 0) is 10.0 Å². The molecule has 0 aliphatic heterocycles. The predicted molar refractivity (Wildman–Crippen MR) is 80.0 cm³/mol. The second kappa shape index (κ2) is 6.60. The summed E-state index contributed by atoms with van der Waals surface area (Å²) in [4.78, 5) is 13.2. The summed E-state index contributed by atoms with van der Waals surface area (Å²) in [5.41, 5.74) is 0.937. The number of nitrogens with zero attached hydrogens (tertiary/aromatic N) is 1. The Morgan fingerprint density at radius 3 is 2.30 bits per heavy atom. The fourth-order valence-electron chi connectivity index (χ4n) is 1.86. The first kappa shape index (κ1) is 16.3. The molecule has 0 spiro atoms. The summed E-state index contributed by atoms with van der Waals surface area (Å²) in [6, 6.07) is 4.56. The topological polar surface area (TPSA) is 86.7 Å². The molecule has 1 rings (SSSR count). The number of sulfonamides is 1. The minimum atomic E-state index is -3.42. The Kier molecular flexibility index (Phi) is 5.38. The SMILES string of the molecule is CCN(CC)c1ccc(NS(=O)(=O)CC)cc1C(=O)O. The molecule has 0 atom stereocenters. The number of carbonyl (C=O) groups is 1. The lowest BCUT2D eigenvalue weighted by Crippen LogP contribution is -2.24. The van der Waals surface area contributed by atoms with Crippen molar-refractivity contribution in [3.05, 3.63) is 23.8 Å². The van der Waals surface area contributed by atoms with Crippen LogP contribution in [0.5, 0.6) is 0 Å². The Labute approximate surface area is 119 Å². The van der Waals surface area contributed by atoms with Gasteiger partial charge in [0.1, 0.15) is 0 Å². The molecule has 0 bridgehead atoms. The molecular formula is C13H20N2O4S. The van der Waals surface area contributed by atoms with Crippen LogP contribution >= 0.6 is 0 Å². The molecule has 1 aromatic carbocycles. The zero-order valence-corrected chi connectivity index (χ0v) is 12.7. The third kappa shape index (κ3) is 3.86. The van der Waals surface area contributed by atoms with Gasteiger partial charge in [0, 0.05) is 18.8 Å². The fourth-order valence-corrected chi connectivity index (χ4v) is 2.49. The maximum atomic E-state index is 11.5. The van der Waals surface area contributed by atoms with Crippen LogP contribution in [0.25, 0.3) is 0 Å². The number of carboxylic acid groups (broad SMARTS) is 1. The molecule has 0 aromatic heterocycles. The van der Waals surface area contributed by atoms with E-state index in [1.807, 2.05) is 18.7 Å². The molecule has 0 saturated carbocycles. The largest absolute Gasteiger partial charge is 0.478 e. The number of aromatic carboxylic acids is 1. The van der Waals surface area contributed by atoms with E-state index in [-0.39, 0.29) is 17.0 Å². The Hall–Kier alpha value is -1.76. The Bertz CT molecular complexity index is 580. The lowest BCUT2D eigenvalue weighted by molar-refractivity contribution is 0.0697. The van der Waals surface area contributed by atoms with Gasteiger partial charge in [-0.25, -0.2) is 13.2 Å². The van der Waals surface area contributed by atoms with Crippen molar-refractivity contribution < 1.29 is 18.3 Å². The number of anilines is 2. The average Bonchev–Trinajstić information content (AvgIpc) is 2.41. The first-order chi connectivity index (χ1) is 9.34. The van der Waals surface area contributed by atoms with E-state index in [0.29, 0.717) is 18.8 Å². The number of benzene rings is 1. The van der Waals surface area contributed by atoms with Crippen LogP contribution in [-0.4, -0.2) is 38.3 Å². The first-order valence-electron chi connectivity index (χ1n) is 6.47. The normalized spacial score (nSPS) is 11.2. The van der Waals surface area contributed by atoms with Crippen molar-refractivity contribution in [2.24, 2.45) is 0 Å². The quantitative estimate of drug-likeness (QED) is 0.804. The number of nitrogens with one attached hydrogen (secondary N) is 1. The highest BCUT2D eigenvalue weighted by Crippen LogP contribution is 2.25. The second-order valence-corrected chi connectivity index (χ2v) is 6.23. The van der Waals surface area contributed by atoms with Crippen molar-refractivity contribution in [2.45, 2.75) is 20.8 Å². The Morgan fingerprint density at radius 2 is 1.85 bits per heavy atom. The minimum Gasteiger partial charge on any atom is -0.478 e. The molecule has 0 radical (unpaired) electrons. The van der Waals surface area contributed by atoms with Crippen molar-refractivity contribution in [3.63, 3.8) is 0 Å². The monoisotopic (exact) mass is 300 g/mol. The molecule has 112 valence electrons. The van der Waals surface area contributed by atoms with Gasteiger partial charge in [-0.3, -0.25) is 4.72 Å². The summed E-state index contributed by atoms with van der Waals surface area (Å²) in [6.45, 7) is 6.74. The zero-order valence-electron chi connectivity index (χ0n) is 11.9. The van der Waals surface area contributed by atoms with E-state index in [2.05, 4.69) is 4.72 Å². The lowest BCUT2D eigenvalue weighted by atomic mass is 10.1. The highest BCUT2D eigenvalue weighted by Gasteiger charge is 2.16. The highest BCUT2D eigenvalue weighted by atomic mass is 32.2. The average molecular weight is 300 g/mol. The van der Waals surface area contributed by atoms with Crippen LogP contribution in [0.1, 0.15) is 31.1 Å². The van der Waals surface area contributed by atoms with Crippen molar-refractivity contribution in [3.8, 4) is 0 Å².